The molecule has 2 aliphatic heterocycles. The summed E-state index contributed by atoms with van der Waals surface area (Å²) >= 11 is 3.45. The maximum atomic E-state index is 7.26. The molecular formula is C57H42GeNPS. The maximum absolute atomic E-state index is 7.26. The molecule has 9 aromatic rings. The quantitative estimate of drug-likeness (QED) is 0.128. The van der Waals surface area contributed by atoms with E-state index in [-0.39, 0.29) is 0 Å². The molecule has 1 spiro atoms. The number of fused-ring (bicyclic) bond motifs is 11. The van der Waals surface area contributed by atoms with Crippen molar-refractivity contribution in [2.24, 2.45) is 0 Å². The van der Waals surface area contributed by atoms with Gasteiger partial charge in [-0.05, 0) is 0 Å². The Morgan fingerprint density at radius 3 is 1.48 bits per heavy atom. The topological polar surface area (TPSA) is 3.24 Å². The zero-order chi connectivity index (χ0) is 40.9. The van der Waals surface area contributed by atoms with Crippen molar-refractivity contribution in [3.63, 3.8) is 0 Å². The van der Waals surface area contributed by atoms with E-state index in [9.17, 15) is 0 Å². The third-order valence-corrected chi connectivity index (χ3v) is 29.8. The second-order valence-electron chi connectivity index (χ2n) is 16.9. The molecule has 0 radical (unpaired) electrons. The Morgan fingerprint density at radius 2 is 0.902 bits per heavy atom. The van der Waals surface area contributed by atoms with Crippen LogP contribution < -0.4 is 38.4 Å². The van der Waals surface area contributed by atoms with Crippen LogP contribution >= 0.6 is 6.04 Å². The Kier molecular flexibility index (Phi) is 8.29. The number of hydrogen-bond donors (Lipinski definition) is 0. The Morgan fingerprint density at radius 1 is 0.426 bits per heavy atom. The average Bonchev–Trinajstić information content (AvgIpc) is 3.61. The number of hydrogen-bond acceptors (Lipinski definition) is 2. The normalized spacial score (nSPS) is 17.0. The monoisotopic (exact) mass is 877 g/mol. The van der Waals surface area contributed by atoms with E-state index in [1.807, 2.05) is 0 Å². The molecule has 1 aliphatic carbocycles. The number of anilines is 3. The fourth-order valence-electron chi connectivity index (χ4n) is 11.3. The van der Waals surface area contributed by atoms with Gasteiger partial charge in [0.15, 0.2) is 0 Å². The molecule has 0 bridgehead atoms. The van der Waals surface area contributed by atoms with Crippen molar-refractivity contribution in [2.45, 2.75) is 19.3 Å². The third kappa shape index (κ3) is 4.93. The molecule has 0 saturated carbocycles. The van der Waals surface area contributed by atoms with E-state index in [1.165, 1.54) is 95.1 Å². The molecule has 0 N–H and O–H groups in total. The molecule has 12 rings (SSSR count). The summed E-state index contributed by atoms with van der Waals surface area (Å²) in [6.45, 7) is 4.48. The van der Waals surface area contributed by atoms with Gasteiger partial charge in [-0.2, -0.15) is 0 Å². The van der Waals surface area contributed by atoms with E-state index < -0.39 is 24.7 Å². The first kappa shape index (κ1) is 36.8. The van der Waals surface area contributed by atoms with E-state index in [2.05, 4.69) is 237 Å². The van der Waals surface area contributed by atoms with Gasteiger partial charge in [-0.1, -0.05) is 0 Å². The molecule has 0 aromatic heterocycles. The molecule has 4 heteroatoms. The van der Waals surface area contributed by atoms with Gasteiger partial charge in [0.25, 0.3) is 0 Å². The van der Waals surface area contributed by atoms with E-state index >= 15 is 0 Å². The van der Waals surface area contributed by atoms with Crippen molar-refractivity contribution in [1.82, 2.24) is 0 Å². The van der Waals surface area contributed by atoms with E-state index in [0.29, 0.717) is 0 Å². The van der Waals surface area contributed by atoms with Gasteiger partial charge in [-0.3, -0.25) is 0 Å². The predicted octanol–water partition coefficient (Wildman–Crippen LogP) is 9.90. The van der Waals surface area contributed by atoms with Gasteiger partial charge < -0.3 is 0 Å². The van der Waals surface area contributed by atoms with Crippen molar-refractivity contribution < 1.29 is 0 Å². The van der Waals surface area contributed by atoms with E-state index in [1.54, 1.807) is 0 Å². The van der Waals surface area contributed by atoms with Crippen LogP contribution in [0.2, 0.25) is 0 Å². The SMILES string of the molecule is Cc1ccc2c(c1)C1(c3ccccc3-c3ccccc31)c1cc(C)ccc1N2c1ccc2[c](c1)[Ge]([c]1ccccc1)([c]1ccccc1)[c]1ccccc1P2(=S)c1ccccc1. The molecule has 3 aliphatic rings. The van der Waals surface area contributed by atoms with E-state index in [4.69, 9.17) is 11.8 Å². The van der Waals surface area contributed by atoms with Gasteiger partial charge in [-0.25, -0.2) is 0 Å². The van der Waals surface area contributed by atoms with Crippen LogP contribution in [0.15, 0.2) is 218 Å². The molecule has 1 nitrogen and oxygen atoms in total. The zero-order valence-electron chi connectivity index (χ0n) is 34.1. The zero-order valence-corrected chi connectivity index (χ0v) is 37.9. The Labute approximate surface area is 366 Å². The second-order valence-corrected chi connectivity index (χ2v) is 29.0. The number of rotatable bonds is 4. The number of nitrogens with zero attached hydrogens (tertiary/aromatic N) is 1. The second kappa shape index (κ2) is 13.7. The third-order valence-electron chi connectivity index (χ3n) is 13.7. The number of benzene rings is 9. The molecule has 1 atom stereocenters. The summed E-state index contributed by atoms with van der Waals surface area (Å²) in [6.07, 6.45) is 0. The average molecular weight is 877 g/mol. The van der Waals surface area contributed by atoms with E-state index in [0.717, 1.165) is 0 Å². The Balaban J connectivity index is 1.21. The summed E-state index contributed by atoms with van der Waals surface area (Å²) in [6, 6.07) is 80.5. The van der Waals surface area contributed by atoms with Gasteiger partial charge >= 0.3 is 369 Å². The van der Waals surface area contributed by atoms with Crippen LogP contribution in [0.5, 0.6) is 0 Å². The summed E-state index contributed by atoms with van der Waals surface area (Å²) in [5.74, 6) is 0. The van der Waals surface area contributed by atoms with Gasteiger partial charge in [0.1, 0.15) is 0 Å². The number of aryl methyl sites for hydroxylation is 2. The molecular weight excluding hydrogens is 834 g/mol. The minimum atomic E-state index is -3.81. The molecule has 2 heterocycles. The summed E-state index contributed by atoms with van der Waals surface area (Å²) < 4.78 is 5.70. The van der Waals surface area contributed by atoms with Gasteiger partial charge in [0.2, 0.25) is 0 Å². The fourth-order valence-corrected chi connectivity index (χ4v) is 30.6. The van der Waals surface area contributed by atoms with Crippen LogP contribution in [0.3, 0.4) is 0 Å². The molecule has 0 fully saturated rings. The van der Waals surface area contributed by atoms with Gasteiger partial charge in [0.05, 0.1) is 0 Å². The van der Waals surface area contributed by atoms with Crippen LogP contribution in [0.4, 0.5) is 17.1 Å². The molecule has 9 aromatic carbocycles. The van der Waals surface area contributed by atoms with Gasteiger partial charge in [-0.15, -0.1) is 0 Å². The first-order valence-corrected chi connectivity index (χ1v) is 28.2. The van der Waals surface area contributed by atoms with Crippen molar-refractivity contribution in [3.8, 4) is 11.1 Å². The van der Waals surface area contributed by atoms with Crippen molar-refractivity contribution in [3.05, 3.63) is 252 Å². The van der Waals surface area contributed by atoms with Gasteiger partial charge in [0, 0.05) is 0 Å². The van der Waals surface area contributed by atoms with Crippen LogP contribution in [0, 0.1) is 13.8 Å². The van der Waals surface area contributed by atoms with Crippen LogP contribution in [-0.4, -0.2) is 13.3 Å². The van der Waals surface area contributed by atoms with Crippen molar-refractivity contribution in [1.29, 1.82) is 0 Å². The molecule has 61 heavy (non-hydrogen) atoms. The van der Waals surface area contributed by atoms with Crippen molar-refractivity contribution in [2.75, 3.05) is 4.90 Å². The minimum absolute atomic E-state index is 0.482. The molecule has 0 amide bonds. The molecule has 0 saturated heterocycles. The first-order chi connectivity index (χ1) is 30.0. The Bertz CT molecular complexity index is 3130. The standard InChI is InChI=1S/C57H42GeNPS/c1-39-30-33-53-49(36-39)57(47-26-14-12-24-45(47)46-25-13-15-27-48(46)57)50-37-40(2)31-34-54(50)59(53)43-32-35-56-52(38-43)58(41-18-6-3-7-19-41,42-20-8-4-9-21-42)51-28-16-17-29-55(51)60(56,61)44-22-10-5-11-23-44/h3-38H,1-2H3. The molecule has 290 valence electrons. The summed E-state index contributed by atoms with van der Waals surface area (Å²) in [5, 5.41) is 3.90. The molecule has 1 unspecified atom stereocenters. The van der Waals surface area contributed by atoms with Crippen LogP contribution in [0.25, 0.3) is 11.1 Å². The summed E-state index contributed by atoms with van der Waals surface area (Å²) in [4.78, 5) is 2.58. The van der Waals surface area contributed by atoms with Crippen LogP contribution in [0.1, 0.15) is 33.4 Å². The van der Waals surface area contributed by atoms with Crippen LogP contribution in [-0.2, 0) is 17.2 Å². The predicted molar refractivity (Wildman–Crippen MR) is 265 cm³/mol. The fraction of sp³-hybridized carbons (Fsp3) is 0.0526. The summed E-state index contributed by atoms with van der Waals surface area (Å²) in [5.41, 5.74) is 13.6. The summed E-state index contributed by atoms with van der Waals surface area (Å²) in [7, 11) is 0. The Hall–Kier alpha value is -6.03. The first-order valence-electron chi connectivity index (χ1n) is 21.2. The van der Waals surface area contributed by atoms with Crippen molar-refractivity contribution >= 4 is 81.7 Å².